The van der Waals surface area contributed by atoms with Crippen molar-refractivity contribution >= 4 is 23.2 Å². The van der Waals surface area contributed by atoms with Crippen LogP contribution in [0.25, 0.3) is 0 Å². The third kappa shape index (κ3) is 4.29. The molecule has 2 heterocycles. The van der Waals surface area contributed by atoms with E-state index in [4.69, 9.17) is 27.9 Å². The number of pyridine rings is 1. The number of halogens is 2. The van der Waals surface area contributed by atoms with Gasteiger partial charge in [0.2, 0.25) is 0 Å². The predicted molar refractivity (Wildman–Crippen MR) is 77.9 cm³/mol. The van der Waals surface area contributed by atoms with Crippen LogP contribution in [0, 0.1) is 6.92 Å². The Balaban J connectivity index is 1.96. The van der Waals surface area contributed by atoms with Gasteiger partial charge < -0.3 is 10.1 Å². The van der Waals surface area contributed by atoms with Gasteiger partial charge in [-0.05, 0) is 20.0 Å². The van der Waals surface area contributed by atoms with Crippen molar-refractivity contribution in [3.63, 3.8) is 0 Å². The second-order valence-corrected chi connectivity index (χ2v) is 5.67. The fourth-order valence-electron chi connectivity index (χ4n) is 2.18. The van der Waals surface area contributed by atoms with Crippen molar-refractivity contribution in [3.8, 4) is 0 Å². The van der Waals surface area contributed by atoms with E-state index in [9.17, 15) is 0 Å². The third-order valence-electron chi connectivity index (χ3n) is 3.10. The molecule has 1 saturated heterocycles. The largest absolute Gasteiger partial charge is 0.374 e. The quantitative estimate of drug-likeness (QED) is 0.865. The molecule has 0 saturated carbocycles. The molecule has 0 radical (unpaired) electrons. The van der Waals surface area contributed by atoms with E-state index < -0.39 is 0 Å². The van der Waals surface area contributed by atoms with E-state index >= 15 is 0 Å². The Hall–Kier alpha value is -0.390. The maximum absolute atomic E-state index is 6.23. The molecule has 0 aromatic carbocycles. The molecule has 1 aliphatic heterocycles. The van der Waals surface area contributed by atoms with Gasteiger partial charge in [-0.15, -0.1) is 0 Å². The lowest BCUT2D eigenvalue weighted by molar-refractivity contribution is 0.00884. The van der Waals surface area contributed by atoms with Crippen molar-refractivity contribution in [1.82, 2.24) is 15.2 Å². The van der Waals surface area contributed by atoms with Crippen molar-refractivity contribution in [3.05, 3.63) is 27.5 Å². The lowest BCUT2D eigenvalue weighted by Gasteiger charge is -2.28. The van der Waals surface area contributed by atoms with Gasteiger partial charge in [-0.2, -0.15) is 0 Å². The molecule has 1 aliphatic rings. The Morgan fingerprint density at radius 1 is 1.53 bits per heavy atom. The SMILES string of the molecule is Cc1cc(Cl)c(CN(C)CC2CNCCO2)c(Cl)n1. The minimum Gasteiger partial charge on any atom is -0.374 e. The summed E-state index contributed by atoms with van der Waals surface area (Å²) < 4.78 is 5.68. The molecule has 1 fully saturated rings. The number of rotatable bonds is 4. The fourth-order valence-corrected chi connectivity index (χ4v) is 2.83. The van der Waals surface area contributed by atoms with E-state index in [1.165, 1.54) is 0 Å². The maximum atomic E-state index is 6.23. The van der Waals surface area contributed by atoms with Crippen LogP contribution in [0.4, 0.5) is 0 Å². The van der Waals surface area contributed by atoms with Crippen molar-refractivity contribution in [1.29, 1.82) is 0 Å². The molecule has 106 valence electrons. The summed E-state index contributed by atoms with van der Waals surface area (Å²) in [6, 6.07) is 1.84. The Bertz CT molecular complexity index is 413. The van der Waals surface area contributed by atoms with Crippen molar-refractivity contribution in [2.45, 2.75) is 19.6 Å². The lowest BCUT2D eigenvalue weighted by atomic mass is 10.2. The van der Waals surface area contributed by atoms with E-state index in [-0.39, 0.29) is 6.10 Å². The second-order valence-electron chi connectivity index (χ2n) is 4.91. The molecule has 4 nitrogen and oxygen atoms in total. The number of hydrogen-bond acceptors (Lipinski definition) is 4. The van der Waals surface area contributed by atoms with E-state index in [0.29, 0.717) is 16.7 Å². The monoisotopic (exact) mass is 303 g/mol. The van der Waals surface area contributed by atoms with Gasteiger partial charge in [0.25, 0.3) is 0 Å². The highest BCUT2D eigenvalue weighted by molar-refractivity contribution is 6.35. The molecular formula is C13H19Cl2N3O. The summed E-state index contributed by atoms with van der Waals surface area (Å²) in [6.07, 6.45) is 0.217. The maximum Gasteiger partial charge on any atom is 0.135 e. The number of ether oxygens (including phenoxy) is 1. The van der Waals surface area contributed by atoms with Crippen LogP contribution in [-0.2, 0) is 11.3 Å². The average molecular weight is 304 g/mol. The van der Waals surface area contributed by atoms with Gasteiger partial charge in [-0.3, -0.25) is 4.90 Å². The lowest BCUT2D eigenvalue weighted by Crippen LogP contribution is -2.44. The van der Waals surface area contributed by atoms with Gasteiger partial charge in [0.1, 0.15) is 5.15 Å². The summed E-state index contributed by atoms with van der Waals surface area (Å²) in [5.74, 6) is 0. The number of hydrogen-bond donors (Lipinski definition) is 1. The normalized spacial score (nSPS) is 19.9. The third-order valence-corrected chi connectivity index (χ3v) is 3.75. The molecule has 1 N–H and O–H groups in total. The Labute approximate surface area is 124 Å². The van der Waals surface area contributed by atoms with Crippen LogP contribution in [0.2, 0.25) is 10.2 Å². The summed E-state index contributed by atoms with van der Waals surface area (Å²) in [5.41, 5.74) is 1.71. The van der Waals surface area contributed by atoms with Gasteiger partial charge in [0.05, 0.1) is 12.7 Å². The van der Waals surface area contributed by atoms with Gasteiger partial charge in [0.15, 0.2) is 0 Å². The average Bonchev–Trinajstić information content (AvgIpc) is 2.35. The highest BCUT2D eigenvalue weighted by Crippen LogP contribution is 2.25. The summed E-state index contributed by atoms with van der Waals surface area (Å²) >= 11 is 12.4. The van der Waals surface area contributed by atoms with Crippen LogP contribution in [0.5, 0.6) is 0 Å². The van der Waals surface area contributed by atoms with Crippen molar-refractivity contribution in [2.24, 2.45) is 0 Å². The molecule has 6 heteroatoms. The summed E-state index contributed by atoms with van der Waals surface area (Å²) in [6.45, 7) is 5.98. The zero-order valence-corrected chi connectivity index (χ0v) is 12.8. The van der Waals surface area contributed by atoms with E-state index in [1.54, 1.807) is 0 Å². The first-order chi connectivity index (χ1) is 9.06. The zero-order valence-electron chi connectivity index (χ0n) is 11.2. The van der Waals surface area contributed by atoms with Gasteiger partial charge in [0, 0.05) is 42.5 Å². The Morgan fingerprint density at radius 2 is 2.32 bits per heavy atom. The molecule has 1 atom stereocenters. The zero-order chi connectivity index (χ0) is 13.8. The summed E-state index contributed by atoms with van der Waals surface area (Å²) in [7, 11) is 2.03. The molecule has 19 heavy (non-hydrogen) atoms. The molecule has 1 aromatic heterocycles. The molecule has 0 aliphatic carbocycles. The number of aromatic nitrogens is 1. The van der Waals surface area contributed by atoms with Gasteiger partial charge in [-0.25, -0.2) is 4.98 Å². The number of nitrogens with one attached hydrogen (secondary N) is 1. The molecule has 0 amide bonds. The van der Waals surface area contributed by atoms with Crippen LogP contribution in [0.3, 0.4) is 0 Å². The highest BCUT2D eigenvalue weighted by Gasteiger charge is 2.17. The first kappa shape index (κ1) is 15.0. The molecular weight excluding hydrogens is 285 g/mol. The molecule has 0 spiro atoms. The van der Waals surface area contributed by atoms with Crippen molar-refractivity contribution < 1.29 is 4.74 Å². The Morgan fingerprint density at radius 3 is 2.95 bits per heavy atom. The molecule has 2 rings (SSSR count). The Kier molecular flexibility index (Phi) is 5.42. The number of likely N-dealkylation sites (N-methyl/N-ethyl adjacent to an activating group) is 1. The first-order valence-corrected chi connectivity index (χ1v) is 7.14. The van der Waals surface area contributed by atoms with Crippen LogP contribution in [0.15, 0.2) is 6.07 Å². The van der Waals surface area contributed by atoms with E-state index in [2.05, 4.69) is 15.2 Å². The van der Waals surface area contributed by atoms with Crippen LogP contribution < -0.4 is 5.32 Å². The smallest absolute Gasteiger partial charge is 0.135 e. The molecule has 1 aromatic rings. The number of morpholine rings is 1. The predicted octanol–water partition coefficient (Wildman–Crippen LogP) is 2.12. The van der Waals surface area contributed by atoms with Crippen LogP contribution in [0.1, 0.15) is 11.3 Å². The fraction of sp³-hybridized carbons (Fsp3) is 0.615. The first-order valence-electron chi connectivity index (χ1n) is 6.38. The standard InChI is InChI=1S/C13H19Cl2N3O/c1-9-5-12(14)11(13(15)17-9)8-18(2)7-10-6-16-3-4-19-10/h5,10,16H,3-4,6-8H2,1-2H3. The van der Waals surface area contributed by atoms with E-state index in [0.717, 1.165) is 37.5 Å². The van der Waals surface area contributed by atoms with Gasteiger partial charge in [-0.1, -0.05) is 23.2 Å². The highest BCUT2D eigenvalue weighted by atomic mass is 35.5. The molecule has 0 bridgehead atoms. The van der Waals surface area contributed by atoms with Gasteiger partial charge >= 0.3 is 0 Å². The topological polar surface area (TPSA) is 37.4 Å². The minimum atomic E-state index is 0.217. The molecule has 1 unspecified atom stereocenters. The minimum absolute atomic E-state index is 0.217. The number of aryl methyl sites for hydroxylation is 1. The van der Waals surface area contributed by atoms with Crippen LogP contribution in [-0.4, -0.2) is 49.3 Å². The second kappa shape index (κ2) is 6.86. The summed E-state index contributed by atoms with van der Waals surface area (Å²) in [5, 5.41) is 4.48. The van der Waals surface area contributed by atoms with Crippen LogP contribution >= 0.6 is 23.2 Å². The van der Waals surface area contributed by atoms with Crippen molar-refractivity contribution in [2.75, 3.05) is 33.3 Å². The van der Waals surface area contributed by atoms with E-state index in [1.807, 2.05) is 20.0 Å². The summed E-state index contributed by atoms with van der Waals surface area (Å²) in [4.78, 5) is 6.40. The number of nitrogens with zero attached hydrogens (tertiary/aromatic N) is 2.